The van der Waals surface area contributed by atoms with Crippen molar-refractivity contribution in [2.75, 3.05) is 0 Å². The highest BCUT2D eigenvalue weighted by Gasteiger charge is 2.33. The number of nitrogens with zero attached hydrogens (tertiary/aromatic N) is 2. The topological polar surface area (TPSA) is 59.0 Å². The van der Waals surface area contributed by atoms with Crippen LogP contribution in [0.4, 0.5) is 22.4 Å². The van der Waals surface area contributed by atoms with Gasteiger partial charge in [0.25, 0.3) is 0 Å². The van der Waals surface area contributed by atoms with Crippen LogP contribution in [0.15, 0.2) is 48.5 Å². The second-order valence-electron chi connectivity index (χ2n) is 7.13. The Balaban J connectivity index is 1.61. The molecule has 2 amide bonds. The Morgan fingerprint density at radius 3 is 2.39 bits per heavy atom. The minimum absolute atomic E-state index is 0.174. The summed E-state index contributed by atoms with van der Waals surface area (Å²) < 4.78 is 54.2. The number of amides is 2. The standard InChI is InChI=1S/C22H22F4N4O/c1-14-19(15(2)30(29-14)13-16-6-4-3-5-7-16)12-28-21(31)27-11-17-8-9-18(23)10-20(17)22(24,25)26/h3-10H,11-13H2,1-2H3,(H2,27,28,31). The van der Waals surface area contributed by atoms with Crippen molar-refractivity contribution in [1.82, 2.24) is 20.4 Å². The smallest absolute Gasteiger partial charge is 0.334 e. The lowest BCUT2D eigenvalue weighted by molar-refractivity contribution is -0.138. The molecule has 3 rings (SSSR count). The van der Waals surface area contributed by atoms with Crippen LogP contribution in [0.1, 0.15) is 33.6 Å². The van der Waals surface area contributed by atoms with Crippen LogP contribution in [0.2, 0.25) is 0 Å². The summed E-state index contributed by atoms with van der Waals surface area (Å²) >= 11 is 0. The van der Waals surface area contributed by atoms with Gasteiger partial charge in [-0.1, -0.05) is 36.4 Å². The number of hydrogen-bond acceptors (Lipinski definition) is 2. The maximum absolute atomic E-state index is 13.2. The highest BCUT2D eigenvalue weighted by molar-refractivity contribution is 5.74. The van der Waals surface area contributed by atoms with E-state index in [0.717, 1.165) is 34.6 Å². The van der Waals surface area contributed by atoms with Crippen molar-refractivity contribution in [2.45, 2.75) is 39.7 Å². The van der Waals surface area contributed by atoms with Crippen molar-refractivity contribution in [2.24, 2.45) is 0 Å². The molecule has 0 unspecified atom stereocenters. The number of alkyl halides is 3. The molecule has 164 valence electrons. The zero-order valence-corrected chi connectivity index (χ0v) is 17.1. The Bertz CT molecular complexity index is 1060. The normalized spacial score (nSPS) is 11.4. The molecule has 0 saturated heterocycles. The molecule has 0 saturated carbocycles. The molecule has 9 heteroatoms. The van der Waals surface area contributed by atoms with E-state index >= 15 is 0 Å². The van der Waals surface area contributed by atoms with Crippen molar-refractivity contribution in [3.05, 3.63) is 88.0 Å². The van der Waals surface area contributed by atoms with Gasteiger partial charge in [-0.25, -0.2) is 9.18 Å². The molecule has 0 fully saturated rings. The molecule has 0 aliphatic rings. The summed E-state index contributed by atoms with van der Waals surface area (Å²) in [5, 5.41) is 9.53. The Labute approximate surface area is 177 Å². The molecule has 2 aromatic carbocycles. The van der Waals surface area contributed by atoms with Gasteiger partial charge in [-0.2, -0.15) is 18.3 Å². The van der Waals surface area contributed by atoms with Crippen molar-refractivity contribution < 1.29 is 22.4 Å². The van der Waals surface area contributed by atoms with Crippen LogP contribution in [0.5, 0.6) is 0 Å². The first-order valence-electron chi connectivity index (χ1n) is 9.59. The average molecular weight is 434 g/mol. The zero-order valence-electron chi connectivity index (χ0n) is 17.1. The van der Waals surface area contributed by atoms with Gasteiger partial charge in [-0.3, -0.25) is 4.68 Å². The number of carbonyl (C=O) groups excluding carboxylic acids is 1. The molecule has 1 heterocycles. The molecule has 31 heavy (non-hydrogen) atoms. The summed E-state index contributed by atoms with van der Waals surface area (Å²) in [6.45, 7) is 4.11. The second-order valence-corrected chi connectivity index (χ2v) is 7.13. The van der Waals surface area contributed by atoms with Crippen LogP contribution < -0.4 is 10.6 Å². The van der Waals surface area contributed by atoms with Gasteiger partial charge in [0.15, 0.2) is 0 Å². The van der Waals surface area contributed by atoms with Gasteiger partial charge in [0.2, 0.25) is 0 Å². The molecular formula is C22H22F4N4O. The Hall–Kier alpha value is -3.36. The molecule has 0 aliphatic carbocycles. The molecule has 3 aromatic rings. The summed E-state index contributed by atoms with van der Waals surface area (Å²) in [5.41, 5.74) is 2.24. The van der Waals surface area contributed by atoms with E-state index in [1.165, 1.54) is 0 Å². The number of aryl methyl sites for hydroxylation is 1. The summed E-state index contributed by atoms with van der Waals surface area (Å²) in [5.74, 6) is -0.987. The van der Waals surface area contributed by atoms with E-state index in [1.54, 1.807) is 0 Å². The Kier molecular flexibility index (Phi) is 6.62. The minimum Gasteiger partial charge on any atom is -0.334 e. The number of halogens is 4. The summed E-state index contributed by atoms with van der Waals surface area (Å²) in [4.78, 5) is 12.1. The van der Waals surface area contributed by atoms with Gasteiger partial charge in [0.05, 0.1) is 17.8 Å². The Morgan fingerprint density at radius 2 is 1.71 bits per heavy atom. The van der Waals surface area contributed by atoms with Crippen LogP contribution in [0.25, 0.3) is 0 Å². The van der Waals surface area contributed by atoms with Gasteiger partial charge in [0.1, 0.15) is 5.82 Å². The van der Waals surface area contributed by atoms with Crippen LogP contribution in [0, 0.1) is 19.7 Å². The average Bonchev–Trinajstić information content (AvgIpc) is 2.98. The highest BCUT2D eigenvalue weighted by atomic mass is 19.4. The number of aromatic nitrogens is 2. The molecular weight excluding hydrogens is 412 g/mol. The van der Waals surface area contributed by atoms with Gasteiger partial charge in [-0.05, 0) is 37.1 Å². The molecule has 0 spiro atoms. The third-order valence-electron chi connectivity index (χ3n) is 4.95. The van der Waals surface area contributed by atoms with Crippen molar-refractivity contribution in [3.63, 3.8) is 0 Å². The van der Waals surface area contributed by atoms with Crippen LogP contribution in [0.3, 0.4) is 0 Å². The van der Waals surface area contributed by atoms with Gasteiger partial charge < -0.3 is 10.6 Å². The van der Waals surface area contributed by atoms with E-state index in [4.69, 9.17) is 0 Å². The monoisotopic (exact) mass is 434 g/mol. The first-order chi connectivity index (χ1) is 14.6. The van der Waals surface area contributed by atoms with E-state index < -0.39 is 23.6 Å². The molecule has 0 atom stereocenters. The maximum Gasteiger partial charge on any atom is 0.416 e. The fourth-order valence-corrected chi connectivity index (χ4v) is 3.27. The summed E-state index contributed by atoms with van der Waals surface area (Å²) in [6.07, 6.45) is -4.71. The van der Waals surface area contributed by atoms with E-state index in [2.05, 4.69) is 15.7 Å². The van der Waals surface area contributed by atoms with E-state index in [9.17, 15) is 22.4 Å². The molecule has 0 aliphatic heterocycles. The number of carbonyl (C=O) groups is 1. The zero-order chi connectivity index (χ0) is 22.6. The van der Waals surface area contributed by atoms with E-state index in [-0.39, 0.29) is 18.7 Å². The lowest BCUT2D eigenvalue weighted by atomic mass is 10.1. The van der Waals surface area contributed by atoms with Gasteiger partial charge in [0, 0.05) is 24.3 Å². The highest BCUT2D eigenvalue weighted by Crippen LogP contribution is 2.32. The molecule has 0 radical (unpaired) electrons. The number of nitrogens with one attached hydrogen (secondary N) is 2. The fraction of sp³-hybridized carbons (Fsp3) is 0.273. The van der Waals surface area contributed by atoms with Crippen LogP contribution in [-0.2, 0) is 25.8 Å². The van der Waals surface area contributed by atoms with E-state index in [0.29, 0.717) is 12.6 Å². The van der Waals surface area contributed by atoms with Crippen molar-refractivity contribution in [3.8, 4) is 0 Å². The molecule has 2 N–H and O–H groups in total. The van der Waals surface area contributed by atoms with Crippen molar-refractivity contribution in [1.29, 1.82) is 0 Å². The number of hydrogen-bond donors (Lipinski definition) is 2. The Morgan fingerprint density at radius 1 is 1.03 bits per heavy atom. The van der Waals surface area contributed by atoms with Crippen LogP contribution >= 0.6 is 0 Å². The lowest BCUT2D eigenvalue weighted by Gasteiger charge is -2.14. The first kappa shape index (κ1) is 22.3. The quantitative estimate of drug-likeness (QED) is 0.553. The summed E-state index contributed by atoms with van der Waals surface area (Å²) in [7, 11) is 0. The number of benzene rings is 2. The predicted molar refractivity (Wildman–Crippen MR) is 108 cm³/mol. The van der Waals surface area contributed by atoms with E-state index in [1.807, 2.05) is 48.9 Å². The molecule has 1 aromatic heterocycles. The third kappa shape index (κ3) is 5.62. The second kappa shape index (κ2) is 9.20. The summed E-state index contributed by atoms with van der Waals surface area (Å²) in [6, 6.07) is 11.5. The molecule has 5 nitrogen and oxygen atoms in total. The van der Waals surface area contributed by atoms with Crippen molar-refractivity contribution >= 4 is 6.03 Å². The number of urea groups is 1. The fourth-order valence-electron chi connectivity index (χ4n) is 3.27. The maximum atomic E-state index is 13.2. The van der Waals surface area contributed by atoms with Crippen LogP contribution in [-0.4, -0.2) is 15.8 Å². The number of rotatable bonds is 6. The predicted octanol–water partition coefficient (Wildman–Crippen LogP) is 4.71. The van der Waals surface area contributed by atoms with Gasteiger partial charge >= 0.3 is 12.2 Å². The molecule has 0 bridgehead atoms. The minimum atomic E-state index is -4.71. The van der Waals surface area contributed by atoms with Gasteiger partial charge in [-0.15, -0.1) is 0 Å². The first-order valence-corrected chi connectivity index (χ1v) is 9.59. The largest absolute Gasteiger partial charge is 0.416 e. The third-order valence-corrected chi connectivity index (χ3v) is 4.95. The lowest BCUT2D eigenvalue weighted by Crippen LogP contribution is -2.35. The SMILES string of the molecule is Cc1nn(Cc2ccccc2)c(C)c1CNC(=O)NCc1ccc(F)cc1C(F)(F)F.